The zero-order chi connectivity index (χ0) is 26.2. The van der Waals surface area contributed by atoms with Gasteiger partial charge in [0.2, 0.25) is 0 Å². The summed E-state index contributed by atoms with van der Waals surface area (Å²) in [5.41, 5.74) is 0.668. The fourth-order valence-corrected chi connectivity index (χ4v) is 5.25. The van der Waals surface area contributed by atoms with Gasteiger partial charge < -0.3 is 39.7 Å². The highest BCUT2D eigenvalue weighted by atomic mass is 35.5. The Morgan fingerprint density at radius 3 is 2.63 bits per heavy atom. The van der Waals surface area contributed by atoms with E-state index in [0.29, 0.717) is 23.7 Å². The number of pyridine rings is 1. The average Bonchev–Trinajstić information content (AvgIpc) is 3.59. The number of aliphatic hydroxyl groups excluding tert-OH is 1. The maximum atomic E-state index is 14.8. The zero-order valence-electron chi connectivity index (χ0n) is 20.4. The van der Waals surface area contributed by atoms with Crippen LogP contribution in [0.5, 0.6) is 11.8 Å². The largest absolute Gasteiger partial charge is 0.493 e. The van der Waals surface area contributed by atoms with Gasteiger partial charge in [-0.3, -0.25) is 0 Å². The van der Waals surface area contributed by atoms with Crippen molar-refractivity contribution in [2.24, 2.45) is 5.92 Å². The molecule has 0 aliphatic carbocycles. The molecule has 0 spiro atoms. The van der Waals surface area contributed by atoms with Gasteiger partial charge in [-0.25, -0.2) is 13.8 Å². The van der Waals surface area contributed by atoms with E-state index in [0.717, 1.165) is 25.9 Å². The Balaban J connectivity index is 1.10. The molecule has 1 aromatic carbocycles. The minimum absolute atomic E-state index is 0.155. The number of H-pyrrole nitrogens is 1. The number of halogens is 3. The average molecular weight is 552 g/mol. The summed E-state index contributed by atoms with van der Waals surface area (Å²) >= 11 is 6.36. The van der Waals surface area contributed by atoms with Crippen molar-refractivity contribution in [3.8, 4) is 11.8 Å². The lowest BCUT2D eigenvalue weighted by atomic mass is 9.99. The molecular weight excluding hydrogens is 524 g/mol. The Bertz CT molecular complexity index is 1280. The number of anilines is 1. The number of aromatic nitrogens is 3. The summed E-state index contributed by atoms with van der Waals surface area (Å²) in [6.45, 7) is 2.54. The molecule has 0 saturated carbocycles. The molecule has 3 aromatic rings. The minimum Gasteiger partial charge on any atom is -0.493 e. The first-order chi connectivity index (χ1) is 18.4. The molecule has 3 saturated heterocycles. The lowest BCUT2D eigenvalue weighted by Crippen LogP contribution is -2.34. The van der Waals surface area contributed by atoms with Crippen LogP contribution in [-0.4, -0.2) is 77.4 Å². The van der Waals surface area contributed by atoms with Crippen molar-refractivity contribution in [3.05, 3.63) is 40.4 Å². The van der Waals surface area contributed by atoms with Crippen molar-refractivity contribution in [2.45, 2.75) is 43.8 Å². The van der Waals surface area contributed by atoms with E-state index in [1.165, 1.54) is 12.1 Å². The van der Waals surface area contributed by atoms with Crippen LogP contribution < -0.4 is 20.1 Å². The van der Waals surface area contributed by atoms with Crippen LogP contribution in [0.2, 0.25) is 5.02 Å². The first-order valence-electron chi connectivity index (χ1n) is 12.6. The van der Waals surface area contributed by atoms with E-state index < -0.39 is 36.1 Å². The van der Waals surface area contributed by atoms with Crippen LogP contribution in [0.15, 0.2) is 18.2 Å². The molecule has 4 atom stereocenters. The monoisotopic (exact) mass is 551 g/mol. The number of hydrogen-bond donors (Lipinski definition) is 4. The molecule has 5 heterocycles. The highest BCUT2D eigenvalue weighted by Gasteiger charge is 2.48. The van der Waals surface area contributed by atoms with Gasteiger partial charge >= 0.3 is 0 Å². The van der Waals surface area contributed by atoms with Gasteiger partial charge in [0.1, 0.15) is 41.5 Å². The van der Waals surface area contributed by atoms with Crippen LogP contribution in [-0.2, 0) is 16.0 Å². The molecule has 0 radical (unpaired) electrons. The van der Waals surface area contributed by atoms with Crippen molar-refractivity contribution in [1.29, 1.82) is 0 Å². The maximum absolute atomic E-state index is 14.8. The standard InChI is InChI=1S/C25H28ClF2N5O5/c26-15-7-18-24(33-25(31-18)38-20-11-37-21-19(34)10-36-22(20)21)32-23(15)30-8-14-16(27)5-13(6-17(14)28)35-9-12-1-3-29-4-2-12/h5-7,12,19-22,29,34H,1-4,8-11H2,(H2,30,31,32,33)/t19-,20-,21-,22-/m1/s1. The fraction of sp³-hybridized carbons (Fsp3) is 0.520. The molecule has 3 aliphatic rings. The lowest BCUT2D eigenvalue weighted by molar-refractivity contribution is 0.00706. The van der Waals surface area contributed by atoms with E-state index >= 15 is 0 Å². The van der Waals surface area contributed by atoms with Crippen molar-refractivity contribution in [3.63, 3.8) is 0 Å². The fourth-order valence-electron chi connectivity index (χ4n) is 5.03. The second-order valence-corrected chi connectivity index (χ2v) is 10.2. The highest BCUT2D eigenvalue weighted by molar-refractivity contribution is 6.33. The van der Waals surface area contributed by atoms with Gasteiger partial charge in [-0.05, 0) is 37.9 Å². The number of nitrogens with one attached hydrogen (secondary N) is 3. The number of ether oxygens (including phenoxy) is 4. The first kappa shape index (κ1) is 25.5. The number of nitrogens with zero attached hydrogens (tertiary/aromatic N) is 2. The third-order valence-corrected chi connectivity index (χ3v) is 7.43. The normalized spacial score (nSPS) is 25.6. The van der Waals surface area contributed by atoms with Crippen molar-refractivity contribution in [1.82, 2.24) is 20.3 Å². The molecular formula is C25H28ClF2N5O5. The highest BCUT2D eigenvalue weighted by Crippen LogP contribution is 2.31. The molecule has 38 heavy (non-hydrogen) atoms. The van der Waals surface area contributed by atoms with E-state index in [9.17, 15) is 13.9 Å². The number of imidazole rings is 1. The van der Waals surface area contributed by atoms with Crippen molar-refractivity contribution in [2.75, 3.05) is 38.2 Å². The van der Waals surface area contributed by atoms with Gasteiger partial charge in [0.05, 0.1) is 30.4 Å². The van der Waals surface area contributed by atoms with E-state index in [1.54, 1.807) is 6.07 Å². The van der Waals surface area contributed by atoms with Gasteiger partial charge in [-0.2, -0.15) is 4.98 Å². The van der Waals surface area contributed by atoms with Gasteiger partial charge in [-0.15, -0.1) is 0 Å². The zero-order valence-corrected chi connectivity index (χ0v) is 21.1. The number of aromatic amines is 1. The summed E-state index contributed by atoms with van der Waals surface area (Å²) in [6, 6.07) is 4.18. The Morgan fingerprint density at radius 2 is 1.84 bits per heavy atom. The molecule has 13 heteroatoms. The van der Waals surface area contributed by atoms with E-state index in [4.69, 9.17) is 30.5 Å². The van der Waals surface area contributed by atoms with Gasteiger partial charge in [-0.1, -0.05) is 11.6 Å². The molecule has 0 unspecified atom stereocenters. The second kappa shape index (κ2) is 10.8. The first-order valence-corrected chi connectivity index (χ1v) is 13.0. The SMILES string of the molecule is O[C@@H]1CO[C@H]2[C@@H]1OC[C@H]2Oc1nc2nc(NCc3c(F)cc(OCC4CCNCC4)cc3F)c(Cl)cc2[nH]1. The Hall–Kier alpha value is -2.77. The Kier molecular flexibility index (Phi) is 7.23. The smallest absolute Gasteiger partial charge is 0.296 e. The van der Waals surface area contributed by atoms with Gasteiger partial charge in [0.15, 0.2) is 11.8 Å². The molecule has 6 rings (SSSR count). The summed E-state index contributed by atoms with van der Waals surface area (Å²) in [4.78, 5) is 11.7. The number of fused-ring (bicyclic) bond motifs is 2. The van der Waals surface area contributed by atoms with Gasteiger partial charge in [0.25, 0.3) is 6.01 Å². The molecule has 204 valence electrons. The van der Waals surface area contributed by atoms with Gasteiger partial charge in [0, 0.05) is 24.2 Å². The van der Waals surface area contributed by atoms with Crippen molar-refractivity contribution >= 4 is 28.6 Å². The molecule has 3 aliphatic heterocycles. The molecule has 0 bridgehead atoms. The van der Waals surface area contributed by atoms with E-state index in [-0.39, 0.29) is 47.9 Å². The summed E-state index contributed by atoms with van der Waals surface area (Å²) < 4.78 is 52.2. The maximum Gasteiger partial charge on any atom is 0.296 e. The predicted molar refractivity (Wildman–Crippen MR) is 134 cm³/mol. The lowest BCUT2D eigenvalue weighted by Gasteiger charge is -2.22. The number of aliphatic hydroxyl groups is 1. The number of benzene rings is 1. The third kappa shape index (κ3) is 5.23. The second-order valence-electron chi connectivity index (χ2n) is 9.77. The minimum atomic E-state index is -0.721. The van der Waals surface area contributed by atoms with E-state index in [1.807, 2.05) is 0 Å². The molecule has 10 nitrogen and oxygen atoms in total. The number of piperidine rings is 1. The van der Waals surface area contributed by atoms with Crippen LogP contribution in [0.3, 0.4) is 0 Å². The summed E-state index contributed by atoms with van der Waals surface area (Å²) in [6.07, 6.45) is 0.00749. The van der Waals surface area contributed by atoms with Crippen LogP contribution in [0.4, 0.5) is 14.6 Å². The predicted octanol–water partition coefficient (Wildman–Crippen LogP) is 2.79. The van der Waals surface area contributed by atoms with Crippen LogP contribution in [0.1, 0.15) is 18.4 Å². The number of hydrogen-bond acceptors (Lipinski definition) is 9. The summed E-state index contributed by atoms with van der Waals surface area (Å²) in [5.74, 6) is -0.690. The molecule has 4 N–H and O–H groups in total. The topological polar surface area (TPSA) is 123 Å². The quantitative estimate of drug-likeness (QED) is 0.335. The van der Waals surface area contributed by atoms with Crippen LogP contribution in [0.25, 0.3) is 11.2 Å². The Morgan fingerprint density at radius 1 is 1.08 bits per heavy atom. The summed E-state index contributed by atoms with van der Waals surface area (Å²) in [5, 5.41) is 16.3. The summed E-state index contributed by atoms with van der Waals surface area (Å²) in [7, 11) is 0. The number of rotatable bonds is 8. The van der Waals surface area contributed by atoms with E-state index in [2.05, 4.69) is 25.6 Å². The Labute approximate surface area is 222 Å². The van der Waals surface area contributed by atoms with Crippen LogP contribution in [0, 0.1) is 17.6 Å². The molecule has 3 fully saturated rings. The van der Waals surface area contributed by atoms with Crippen molar-refractivity contribution < 1.29 is 32.8 Å². The third-order valence-electron chi connectivity index (χ3n) is 7.14. The molecule has 2 aromatic heterocycles. The molecule has 0 amide bonds. The van der Waals surface area contributed by atoms with Crippen LogP contribution >= 0.6 is 11.6 Å².